The number of piperidine rings is 1. The first-order valence-electron chi connectivity index (χ1n) is 7.68. The summed E-state index contributed by atoms with van der Waals surface area (Å²) in [5, 5.41) is 0. The molecule has 2 amide bonds. The number of carbonyl (C=O) groups is 2. The second-order valence-electron chi connectivity index (χ2n) is 5.60. The van der Waals surface area contributed by atoms with E-state index in [-0.39, 0.29) is 42.3 Å². The topological polar surface area (TPSA) is 79.0 Å². The molecule has 0 radical (unpaired) electrons. The maximum absolute atomic E-state index is 12.2. The van der Waals surface area contributed by atoms with E-state index in [1.807, 2.05) is 0 Å². The number of nitrogens with two attached hydrogens (primary N) is 1. The zero-order valence-corrected chi connectivity index (χ0v) is 15.2. The molecule has 6 nitrogen and oxygen atoms in total. The van der Waals surface area contributed by atoms with Crippen LogP contribution in [0.1, 0.15) is 40.0 Å². The van der Waals surface area contributed by atoms with Gasteiger partial charge in [0, 0.05) is 19.6 Å². The van der Waals surface area contributed by atoms with Crippen LogP contribution in [0.5, 0.6) is 0 Å². The summed E-state index contributed by atoms with van der Waals surface area (Å²) in [5.41, 5.74) is 6.92. The van der Waals surface area contributed by atoms with E-state index >= 15 is 0 Å². The number of imide groups is 1. The van der Waals surface area contributed by atoms with Crippen LogP contribution in [-0.4, -0.2) is 53.8 Å². The van der Waals surface area contributed by atoms with Gasteiger partial charge in [0.05, 0.1) is 17.7 Å². The Morgan fingerprint density at radius 2 is 1.61 bits per heavy atom. The van der Waals surface area contributed by atoms with E-state index in [2.05, 4.69) is 9.89 Å². The van der Waals surface area contributed by atoms with Crippen molar-refractivity contribution in [2.24, 2.45) is 10.7 Å². The van der Waals surface area contributed by atoms with Crippen LogP contribution in [0, 0.1) is 0 Å². The molecule has 0 bridgehead atoms. The Balaban J connectivity index is 0.00000192. The van der Waals surface area contributed by atoms with Gasteiger partial charge in [0.1, 0.15) is 0 Å². The van der Waals surface area contributed by atoms with Crippen molar-refractivity contribution in [1.82, 2.24) is 9.80 Å². The van der Waals surface area contributed by atoms with E-state index in [0.29, 0.717) is 23.6 Å². The van der Waals surface area contributed by atoms with Crippen LogP contribution in [0.15, 0.2) is 29.3 Å². The first kappa shape index (κ1) is 17.7. The van der Waals surface area contributed by atoms with E-state index in [0.717, 1.165) is 25.9 Å². The number of fused-ring (bicyclic) bond motifs is 1. The fourth-order valence-electron chi connectivity index (χ4n) is 2.93. The molecule has 0 unspecified atom stereocenters. The summed E-state index contributed by atoms with van der Waals surface area (Å²) < 4.78 is 0. The van der Waals surface area contributed by atoms with E-state index in [4.69, 9.17) is 5.73 Å². The van der Waals surface area contributed by atoms with E-state index in [1.165, 1.54) is 11.3 Å². The van der Waals surface area contributed by atoms with E-state index in [9.17, 15) is 9.59 Å². The fourth-order valence-corrected chi connectivity index (χ4v) is 2.93. The van der Waals surface area contributed by atoms with Crippen molar-refractivity contribution in [1.29, 1.82) is 0 Å². The molecule has 124 valence electrons. The molecule has 7 heteroatoms. The molecule has 2 aliphatic rings. The summed E-state index contributed by atoms with van der Waals surface area (Å²) in [5.74, 6) is 0.0241. The van der Waals surface area contributed by atoms with Gasteiger partial charge in [0.15, 0.2) is 5.96 Å². The van der Waals surface area contributed by atoms with Crippen molar-refractivity contribution in [3.63, 3.8) is 0 Å². The second-order valence-corrected chi connectivity index (χ2v) is 5.60. The Morgan fingerprint density at radius 3 is 2.17 bits per heavy atom. The molecule has 2 aliphatic heterocycles. The van der Waals surface area contributed by atoms with Crippen LogP contribution in [0.4, 0.5) is 0 Å². The molecule has 0 spiro atoms. The number of benzene rings is 1. The molecule has 0 aliphatic carbocycles. The van der Waals surface area contributed by atoms with Crippen LogP contribution in [-0.2, 0) is 0 Å². The van der Waals surface area contributed by atoms with Crippen LogP contribution in [0.25, 0.3) is 0 Å². The van der Waals surface area contributed by atoms with Gasteiger partial charge < -0.3 is 10.6 Å². The Hall–Kier alpha value is -1.64. The number of nitrogens with zero attached hydrogens (tertiary/aromatic N) is 3. The van der Waals surface area contributed by atoms with Gasteiger partial charge >= 0.3 is 0 Å². The minimum Gasteiger partial charge on any atom is -0.370 e. The lowest BCUT2D eigenvalue weighted by Gasteiger charge is -2.27. The number of amides is 2. The number of hydrogen-bond donors (Lipinski definition) is 1. The van der Waals surface area contributed by atoms with E-state index in [1.54, 1.807) is 24.3 Å². The lowest BCUT2D eigenvalue weighted by atomic mass is 10.1. The number of likely N-dealkylation sites (tertiary alicyclic amines) is 1. The summed E-state index contributed by atoms with van der Waals surface area (Å²) in [6.45, 7) is 2.47. The molecule has 0 aromatic heterocycles. The molecule has 1 saturated heterocycles. The zero-order chi connectivity index (χ0) is 15.5. The number of guanidine groups is 1. The highest BCUT2D eigenvalue weighted by atomic mass is 127. The molecule has 1 fully saturated rings. The van der Waals surface area contributed by atoms with Gasteiger partial charge in [-0.15, -0.1) is 24.0 Å². The largest absolute Gasteiger partial charge is 0.370 e. The first-order valence-corrected chi connectivity index (χ1v) is 7.68. The third-order valence-electron chi connectivity index (χ3n) is 4.16. The van der Waals surface area contributed by atoms with Gasteiger partial charge in [-0.1, -0.05) is 12.1 Å². The number of hydrogen-bond acceptors (Lipinski definition) is 3. The van der Waals surface area contributed by atoms with Crippen LogP contribution in [0.2, 0.25) is 0 Å². The van der Waals surface area contributed by atoms with Crippen molar-refractivity contribution < 1.29 is 9.59 Å². The molecular formula is C16H21IN4O2. The van der Waals surface area contributed by atoms with Crippen LogP contribution in [0.3, 0.4) is 0 Å². The Labute approximate surface area is 152 Å². The average Bonchev–Trinajstić information content (AvgIpc) is 2.81. The number of rotatable bonds is 3. The van der Waals surface area contributed by atoms with Crippen molar-refractivity contribution in [3.05, 3.63) is 35.4 Å². The molecular weight excluding hydrogens is 407 g/mol. The quantitative estimate of drug-likeness (QED) is 0.344. The highest BCUT2D eigenvalue weighted by Gasteiger charge is 2.34. The zero-order valence-electron chi connectivity index (χ0n) is 12.9. The Morgan fingerprint density at radius 1 is 1.04 bits per heavy atom. The highest BCUT2D eigenvalue weighted by molar-refractivity contribution is 14.0. The monoisotopic (exact) mass is 428 g/mol. The fraction of sp³-hybridized carbons (Fsp3) is 0.438. The van der Waals surface area contributed by atoms with Crippen molar-refractivity contribution in [2.75, 3.05) is 26.2 Å². The third-order valence-corrected chi connectivity index (χ3v) is 4.16. The Kier molecular flexibility index (Phi) is 5.97. The molecule has 2 N–H and O–H groups in total. The molecule has 1 aromatic rings. The average molecular weight is 428 g/mol. The molecule has 3 rings (SSSR count). The molecule has 0 atom stereocenters. The number of aliphatic imine (C=N–C) groups is 1. The highest BCUT2D eigenvalue weighted by Crippen LogP contribution is 2.21. The van der Waals surface area contributed by atoms with Gasteiger partial charge in [-0.05, 0) is 31.4 Å². The van der Waals surface area contributed by atoms with Gasteiger partial charge in [-0.3, -0.25) is 19.5 Å². The third kappa shape index (κ3) is 3.65. The van der Waals surface area contributed by atoms with Gasteiger partial charge in [-0.25, -0.2) is 0 Å². The second kappa shape index (κ2) is 7.76. The van der Waals surface area contributed by atoms with Crippen LogP contribution >= 0.6 is 24.0 Å². The van der Waals surface area contributed by atoms with Crippen molar-refractivity contribution in [2.45, 2.75) is 19.3 Å². The lowest BCUT2D eigenvalue weighted by molar-refractivity contribution is 0.0659. The van der Waals surface area contributed by atoms with Gasteiger partial charge in [0.25, 0.3) is 11.8 Å². The molecule has 0 saturated carbocycles. The molecule has 2 heterocycles. The minimum absolute atomic E-state index is 0. The summed E-state index contributed by atoms with van der Waals surface area (Å²) in [7, 11) is 0. The van der Waals surface area contributed by atoms with Gasteiger partial charge in [-0.2, -0.15) is 0 Å². The molecule has 23 heavy (non-hydrogen) atoms. The SMILES string of the molecule is I.NC(=NCCN1C(=O)c2ccccc2C1=O)N1CCCCC1. The smallest absolute Gasteiger partial charge is 0.261 e. The summed E-state index contributed by atoms with van der Waals surface area (Å²) >= 11 is 0. The first-order chi connectivity index (χ1) is 10.7. The normalized spacial score (nSPS) is 18.0. The minimum atomic E-state index is -0.243. The summed E-state index contributed by atoms with van der Waals surface area (Å²) in [6, 6.07) is 6.89. The van der Waals surface area contributed by atoms with Crippen molar-refractivity contribution >= 4 is 41.8 Å². The summed E-state index contributed by atoms with van der Waals surface area (Å²) in [4.78, 5) is 32.0. The summed E-state index contributed by atoms with van der Waals surface area (Å²) in [6.07, 6.45) is 3.50. The van der Waals surface area contributed by atoms with Gasteiger partial charge in [0.2, 0.25) is 0 Å². The maximum atomic E-state index is 12.2. The van der Waals surface area contributed by atoms with Crippen molar-refractivity contribution in [3.8, 4) is 0 Å². The lowest BCUT2D eigenvalue weighted by Crippen LogP contribution is -2.41. The predicted molar refractivity (Wildman–Crippen MR) is 99.1 cm³/mol. The standard InChI is InChI=1S/C16H20N4O2.HI/c17-16(19-9-4-1-5-10-19)18-8-11-20-14(21)12-6-2-3-7-13(12)15(20)22;/h2-3,6-7H,1,4-5,8-11H2,(H2,17,18);1H. The maximum Gasteiger partial charge on any atom is 0.261 e. The van der Waals surface area contributed by atoms with E-state index < -0.39 is 0 Å². The Bertz CT molecular complexity index is 591. The predicted octanol–water partition coefficient (Wildman–Crippen LogP) is 1.70. The van der Waals surface area contributed by atoms with Crippen LogP contribution < -0.4 is 5.73 Å². The number of halogens is 1. The number of carbonyl (C=O) groups excluding carboxylic acids is 2. The molecule has 1 aromatic carbocycles.